The molecule has 1 aromatic carbocycles. The van der Waals surface area contributed by atoms with Gasteiger partial charge >= 0.3 is 6.03 Å². The number of likely N-dealkylation sites (N-methyl/N-ethyl adjacent to an activating group) is 1. The van der Waals surface area contributed by atoms with Crippen molar-refractivity contribution in [2.45, 2.75) is 13.8 Å². The van der Waals surface area contributed by atoms with E-state index in [9.17, 15) is 4.79 Å². The number of anilines is 1. The van der Waals surface area contributed by atoms with Crippen molar-refractivity contribution < 1.29 is 4.79 Å². The van der Waals surface area contributed by atoms with Crippen molar-refractivity contribution in [1.29, 1.82) is 0 Å². The molecule has 0 aromatic heterocycles. The Morgan fingerprint density at radius 1 is 0.870 bits per heavy atom. The van der Waals surface area contributed by atoms with Crippen LogP contribution in [0, 0.1) is 13.8 Å². The lowest BCUT2D eigenvalue weighted by molar-refractivity contribution is 0.120. The Morgan fingerprint density at radius 3 is 2.04 bits per heavy atom. The molecule has 0 aliphatic carbocycles. The maximum absolute atomic E-state index is 12.6. The fourth-order valence-corrected chi connectivity index (χ4v) is 3.41. The van der Waals surface area contributed by atoms with Crippen LogP contribution in [0.2, 0.25) is 0 Å². The van der Waals surface area contributed by atoms with Gasteiger partial charge in [0, 0.05) is 58.0 Å². The molecule has 0 bridgehead atoms. The number of carbonyl (C=O) groups is 1. The SMILES string of the molecule is Cc1cccc(N2CCN(C(=O)N3CCN(C)CC3)CC2)c1C. The standard InChI is InChI=1S/C18H28N4O/c1-15-5-4-6-17(16(15)2)20-11-13-22(14-12-20)18(23)21-9-7-19(3)8-10-21/h4-6H,7-14H2,1-3H3. The topological polar surface area (TPSA) is 30.0 Å². The van der Waals surface area contributed by atoms with Gasteiger partial charge in [-0.1, -0.05) is 12.1 Å². The summed E-state index contributed by atoms with van der Waals surface area (Å²) in [5, 5.41) is 0. The third-order valence-electron chi connectivity index (χ3n) is 5.24. The van der Waals surface area contributed by atoms with E-state index in [0.29, 0.717) is 0 Å². The van der Waals surface area contributed by atoms with Gasteiger partial charge in [-0.05, 0) is 38.1 Å². The number of nitrogens with zero attached hydrogens (tertiary/aromatic N) is 4. The van der Waals surface area contributed by atoms with E-state index < -0.39 is 0 Å². The van der Waals surface area contributed by atoms with Gasteiger partial charge in [0.15, 0.2) is 0 Å². The zero-order chi connectivity index (χ0) is 16.4. The third-order valence-corrected chi connectivity index (χ3v) is 5.24. The third kappa shape index (κ3) is 3.44. The van der Waals surface area contributed by atoms with E-state index in [1.807, 2.05) is 9.80 Å². The maximum atomic E-state index is 12.6. The zero-order valence-corrected chi connectivity index (χ0v) is 14.6. The molecule has 2 aliphatic heterocycles. The Hall–Kier alpha value is -1.75. The van der Waals surface area contributed by atoms with E-state index in [0.717, 1.165) is 52.4 Å². The Kier molecular flexibility index (Phi) is 4.76. The van der Waals surface area contributed by atoms with E-state index in [1.54, 1.807) is 0 Å². The molecule has 2 fully saturated rings. The molecule has 0 radical (unpaired) electrons. The first-order valence-corrected chi connectivity index (χ1v) is 8.60. The first-order chi connectivity index (χ1) is 11.1. The highest BCUT2D eigenvalue weighted by Gasteiger charge is 2.27. The summed E-state index contributed by atoms with van der Waals surface area (Å²) < 4.78 is 0. The molecule has 2 heterocycles. The maximum Gasteiger partial charge on any atom is 0.320 e. The quantitative estimate of drug-likeness (QED) is 0.791. The number of piperazine rings is 2. The second-order valence-corrected chi connectivity index (χ2v) is 6.77. The van der Waals surface area contributed by atoms with Crippen LogP contribution in [0.15, 0.2) is 18.2 Å². The summed E-state index contributed by atoms with van der Waals surface area (Å²) in [5.41, 5.74) is 4.00. The van der Waals surface area contributed by atoms with Crippen LogP contribution in [0.3, 0.4) is 0 Å². The summed E-state index contributed by atoms with van der Waals surface area (Å²) in [5.74, 6) is 0. The minimum absolute atomic E-state index is 0.221. The summed E-state index contributed by atoms with van der Waals surface area (Å²) in [6, 6.07) is 6.70. The van der Waals surface area contributed by atoms with Crippen LogP contribution in [0.1, 0.15) is 11.1 Å². The molecule has 2 aliphatic rings. The second-order valence-electron chi connectivity index (χ2n) is 6.77. The van der Waals surface area contributed by atoms with Gasteiger partial charge in [-0.3, -0.25) is 0 Å². The minimum atomic E-state index is 0.221. The predicted octanol–water partition coefficient (Wildman–Crippen LogP) is 1.79. The summed E-state index contributed by atoms with van der Waals surface area (Å²) >= 11 is 0. The smallest absolute Gasteiger partial charge is 0.320 e. The van der Waals surface area contributed by atoms with Crippen molar-refractivity contribution in [2.24, 2.45) is 0 Å². The van der Waals surface area contributed by atoms with E-state index in [-0.39, 0.29) is 6.03 Å². The highest BCUT2D eigenvalue weighted by atomic mass is 16.2. The van der Waals surface area contributed by atoms with E-state index in [1.165, 1.54) is 16.8 Å². The molecular formula is C18H28N4O. The summed E-state index contributed by atoms with van der Waals surface area (Å²) in [6.07, 6.45) is 0. The van der Waals surface area contributed by atoms with Crippen molar-refractivity contribution in [1.82, 2.24) is 14.7 Å². The largest absolute Gasteiger partial charge is 0.368 e. The molecule has 0 saturated carbocycles. The second kappa shape index (κ2) is 6.79. The van der Waals surface area contributed by atoms with Crippen molar-refractivity contribution >= 4 is 11.7 Å². The van der Waals surface area contributed by atoms with Crippen LogP contribution in [-0.4, -0.2) is 80.1 Å². The van der Waals surface area contributed by atoms with Gasteiger partial charge in [-0.15, -0.1) is 0 Å². The van der Waals surface area contributed by atoms with Crippen LogP contribution in [0.4, 0.5) is 10.5 Å². The van der Waals surface area contributed by atoms with E-state index in [4.69, 9.17) is 0 Å². The van der Waals surface area contributed by atoms with Gasteiger partial charge in [-0.25, -0.2) is 4.79 Å². The first kappa shape index (κ1) is 16.1. The highest BCUT2D eigenvalue weighted by molar-refractivity contribution is 5.75. The molecule has 23 heavy (non-hydrogen) atoms. The normalized spacial score (nSPS) is 20.0. The molecule has 2 saturated heterocycles. The Balaban J connectivity index is 1.58. The van der Waals surface area contributed by atoms with E-state index in [2.05, 4.69) is 48.9 Å². The minimum Gasteiger partial charge on any atom is -0.368 e. The number of carbonyl (C=O) groups excluding carboxylic acids is 1. The molecule has 0 spiro atoms. The van der Waals surface area contributed by atoms with Crippen molar-refractivity contribution in [3.63, 3.8) is 0 Å². The number of hydrogen-bond acceptors (Lipinski definition) is 3. The molecule has 0 unspecified atom stereocenters. The predicted molar refractivity (Wildman–Crippen MR) is 94.2 cm³/mol. The molecule has 2 amide bonds. The number of rotatable bonds is 1. The summed E-state index contributed by atoms with van der Waals surface area (Å²) in [7, 11) is 2.12. The Labute approximate surface area is 139 Å². The number of aryl methyl sites for hydroxylation is 1. The average molecular weight is 316 g/mol. The monoisotopic (exact) mass is 316 g/mol. The van der Waals surface area contributed by atoms with Gasteiger partial charge < -0.3 is 19.6 Å². The number of urea groups is 1. The number of hydrogen-bond donors (Lipinski definition) is 0. The van der Waals surface area contributed by atoms with Crippen LogP contribution in [-0.2, 0) is 0 Å². The fourth-order valence-electron chi connectivity index (χ4n) is 3.41. The van der Waals surface area contributed by atoms with Crippen molar-refractivity contribution in [2.75, 3.05) is 64.3 Å². The summed E-state index contributed by atoms with van der Waals surface area (Å²) in [4.78, 5) is 21.4. The van der Waals surface area contributed by atoms with Crippen LogP contribution < -0.4 is 4.90 Å². The Morgan fingerprint density at radius 2 is 1.43 bits per heavy atom. The fraction of sp³-hybridized carbons (Fsp3) is 0.611. The summed E-state index contributed by atoms with van der Waals surface area (Å²) in [6.45, 7) is 11.5. The molecule has 0 N–H and O–H groups in total. The van der Waals surface area contributed by atoms with E-state index >= 15 is 0 Å². The highest BCUT2D eigenvalue weighted by Crippen LogP contribution is 2.24. The lowest BCUT2D eigenvalue weighted by Gasteiger charge is -2.41. The van der Waals surface area contributed by atoms with Gasteiger partial charge in [0.05, 0.1) is 0 Å². The van der Waals surface area contributed by atoms with Gasteiger partial charge in [0.2, 0.25) is 0 Å². The van der Waals surface area contributed by atoms with Crippen LogP contribution in [0.5, 0.6) is 0 Å². The number of benzene rings is 1. The van der Waals surface area contributed by atoms with Gasteiger partial charge in [0.1, 0.15) is 0 Å². The molecular weight excluding hydrogens is 288 g/mol. The molecule has 5 heteroatoms. The lowest BCUT2D eigenvalue weighted by Crippen LogP contribution is -2.56. The Bertz CT molecular complexity index is 558. The zero-order valence-electron chi connectivity index (χ0n) is 14.6. The lowest BCUT2D eigenvalue weighted by atomic mass is 10.1. The van der Waals surface area contributed by atoms with Gasteiger partial charge in [-0.2, -0.15) is 0 Å². The molecule has 0 atom stereocenters. The van der Waals surface area contributed by atoms with Gasteiger partial charge in [0.25, 0.3) is 0 Å². The van der Waals surface area contributed by atoms with Crippen molar-refractivity contribution in [3.05, 3.63) is 29.3 Å². The molecule has 1 aromatic rings. The first-order valence-electron chi connectivity index (χ1n) is 8.60. The molecule has 3 rings (SSSR count). The molecule has 126 valence electrons. The number of amides is 2. The van der Waals surface area contributed by atoms with Crippen molar-refractivity contribution in [3.8, 4) is 0 Å². The van der Waals surface area contributed by atoms with Crippen LogP contribution >= 0.6 is 0 Å². The van der Waals surface area contributed by atoms with Crippen LogP contribution in [0.25, 0.3) is 0 Å². The average Bonchev–Trinajstić information content (AvgIpc) is 2.58. The molecule has 5 nitrogen and oxygen atoms in total.